The first kappa shape index (κ1) is 17.3. The Morgan fingerprint density at radius 3 is 2.65 bits per heavy atom. The third kappa shape index (κ3) is 4.02. The number of aryl methyl sites for hydroxylation is 1. The quantitative estimate of drug-likeness (QED) is 0.875. The van der Waals surface area contributed by atoms with Gasteiger partial charge in [0.25, 0.3) is 5.91 Å². The summed E-state index contributed by atoms with van der Waals surface area (Å²) >= 11 is 6.22. The van der Waals surface area contributed by atoms with Crippen LogP contribution < -0.4 is 10.2 Å². The van der Waals surface area contributed by atoms with Gasteiger partial charge in [-0.25, -0.2) is 4.98 Å². The van der Waals surface area contributed by atoms with Gasteiger partial charge in [-0.05, 0) is 38.5 Å². The molecule has 1 N–H and O–H groups in total. The van der Waals surface area contributed by atoms with Crippen molar-refractivity contribution in [2.75, 3.05) is 18.0 Å². The van der Waals surface area contributed by atoms with Gasteiger partial charge in [-0.15, -0.1) is 0 Å². The summed E-state index contributed by atoms with van der Waals surface area (Å²) in [6.45, 7) is 8.23. The number of nitrogens with one attached hydrogen (secondary N) is 1. The second-order valence-corrected chi connectivity index (χ2v) is 5.66. The molecule has 0 spiro atoms. The molecule has 0 saturated heterocycles. The summed E-state index contributed by atoms with van der Waals surface area (Å²) in [5.74, 6) is 0.737. The molecule has 4 nitrogen and oxygen atoms in total. The predicted molar refractivity (Wildman–Crippen MR) is 95.2 cm³/mol. The lowest BCUT2D eigenvalue weighted by atomic mass is 10.1. The molecule has 0 bridgehead atoms. The van der Waals surface area contributed by atoms with Crippen LogP contribution in [-0.4, -0.2) is 24.0 Å². The van der Waals surface area contributed by atoms with E-state index in [2.05, 4.69) is 29.0 Å². The highest BCUT2D eigenvalue weighted by molar-refractivity contribution is 6.34. The number of benzene rings is 1. The lowest BCUT2D eigenvalue weighted by molar-refractivity contribution is 0.0951. The number of aromatic nitrogens is 1. The maximum Gasteiger partial charge on any atom is 0.253 e. The zero-order chi connectivity index (χ0) is 16.8. The van der Waals surface area contributed by atoms with E-state index in [4.69, 9.17) is 11.6 Å². The van der Waals surface area contributed by atoms with Crippen LogP contribution in [0.15, 0.2) is 36.5 Å². The van der Waals surface area contributed by atoms with Gasteiger partial charge < -0.3 is 10.2 Å². The third-order valence-electron chi connectivity index (χ3n) is 3.81. The highest BCUT2D eigenvalue weighted by atomic mass is 35.5. The van der Waals surface area contributed by atoms with E-state index in [1.165, 1.54) is 0 Å². The van der Waals surface area contributed by atoms with E-state index in [0.29, 0.717) is 17.1 Å². The van der Waals surface area contributed by atoms with Crippen LogP contribution in [0.25, 0.3) is 0 Å². The number of pyridine rings is 1. The van der Waals surface area contributed by atoms with Gasteiger partial charge in [-0.3, -0.25) is 4.79 Å². The fourth-order valence-electron chi connectivity index (χ4n) is 2.47. The normalized spacial score (nSPS) is 10.4. The Labute approximate surface area is 142 Å². The van der Waals surface area contributed by atoms with E-state index in [9.17, 15) is 4.79 Å². The molecule has 0 fully saturated rings. The monoisotopic (exact) mass is 331 g/mol. The minimum atomic E-state index is -0.173. The van der Waals surface area contributed by atoms with Crippen LogP contribution in [0.5, 0.6) is 0 Å². The Kier molecular flexibility index (Phi) is 5.99. The molecule has 2 aromatic rings. The zero-order valence-electron chi connectivity index (χ0n) is 13.8. The minimum Gasteiger partial charge on any atom is -0.357 e. The second kappa shape index (κ2) is 7.97. The Bertz CT molecular complexity index is 684. The van der Waals surface area contributed by atoms with Crippen LogP contribution in [0.4, 0.5) is 5.82 Å². The van der Waals surface area contributed by atoms with Crippen molar-refractivity contribution in [3.05, 3.63) is 58.2 Å². The van der Waals surface area contributed by atoms with Gasteiger partial charge in [0.1, 0.15) is 5.82 Å². The molecular weight excluding hydrogens is 310 g/mol. The Morgan fingerprint density at radius 2 is 1.96 bits per heavy atom. The summed E-state index contributed by atoms with van der Waals surface area (Å²) in [5, 5.41) is 3.44. The summed E-state index contributed by atoms with van der Waals surface area (Å²) < 4.78 is 0. The SMILES string of the molecule is CCN(CC)c1ncccc1CNC(=O)c1cccc(C)c1Cl. The first-order valence-electron chi connectivity index (χ1n) is 7.80. The predicted octanol–water partition coefficient (Wildman–Crippen LogP) is 3.82. The number of carbonyl (C=O) groups excluding carboxylic acids is 1. The van der Waals surface area contributed by atoms with Crippen LogP contribution in [-0.2, 0) is 6.54 Å². The molecule has 1 amide bonds. The number of hydrogen-bond donors (Lipinski definition) is 1. The van der Waals surface area contributed by atoms with E-state index in [1.54, 1.807) is 12.3 Å². The van der Waals surface area contributed by atoms with Crippen LogP contribution in [0.3, 0.4) is 0 Å². The number of nitrogens with zero attached hydrogens (tertiary/aromatic N) is 2. The van der Waals surface area contributed by atoms with Crippen LogP contribution >= 0.6 is 11.6 Å². The van der Waals surface area contributed by atoms with Gasteiger partial charge in [0.15, 0.2) is 0 Å². The summed E-state index contributed by atoms with van der Waals surface area (Å²) in [6, 6.07) is 9.33. The molecule has 0 aliphatic rings. The van der Waals surface area contributed by atoms with Gasteiger partial charge in [-0.2, -0.15) is 0 Å². The average molecular weight is 332 g/mol. The average Bonchev–Trinajstić information content (AvgIpc) is 2.57. The summed E-state index contributed by atoms with van der Waals surface area (Å²) in [5.41, 5.74) is 2.39. The highest BCUT2D eigenvalue weighted by Crippen LogP contribution is 2.21. The summed E-state index contributed by atoms with van der Waals surface area (Å²) in [4.78, 5) is 19.0. The molecule has 23 heavy (non-hydrogen) atoms. The smallest absolute Gasteiger partial charge is 0.253 e. The molecule has 122 valence electrons. The van der Waals surface area contributed by atoms with Gasteiger partial charge in [0, 0.05) is 31.4 Å². The molecule has 1 aromatic carbocycles. The van der Waals surface area contributed by atoms with E-state index < -0.39 is 0 Å². The van der Waals surface area contributed by atoms with Gasteiger partial charge in [-0.1, -0.05) is 29.8 Å². The Balaban J connectivity index is 2.15. The lowest BCUT2D eigenvalue weighted by Gasteiger charge is -2.22. The Hall–Kier alpha value is -2.07. The number of carbonyl (C=O) groups is 1. The fraction of sp³-hybridized carbons (Fsp3) is 0.333. The van der Waals surface area contributed by atoms with Gasteiger partial charge in [0.05, 0.1) is 10.6 Å². The minimum absolute atomic E-state index is 0.173. The van der Waals surface area contributed by atoms with Crippen molar-refractivity contribution in [2.45, 2.75) is 27.3 Å². The van der Waals surface area contributed by atoms with Crippen molar-refractivity contribution in [1.82, 2.24) is 10.3 Å². The van der Waals surface area contributed by atoms with Crippen molar-refractivity contribution in [2.24, 2.45) is 0 Å². The first-order chi connectivity index (χ1) is 11.1. The molecule has 0 unspecified atom stereocenters. The molecule has 0 aliphatic carbocycles. The van der Waals surface area contributed by atoms with E-state index in [0.717, 1.165) is 30.0 Å². The molecule has 0 radical (unpaired) electrons. The maximum absolute atomic E-state index is 12.4. The van der Waals surface area contributed by atoms with E-state index >= 15 is 0 Å². The van der Waals surface area contributed by atoms with Crippen molar-refractivity contribution in [3.63, 3.8) is 0 Å². The van der Waals surface area contributed by atoms with Crippen LogP contribution in [0.2, 0.25) is 5.02 Å². The van der Waals surface area contributed by atoms with Gasteiger partial charge >= 0.3 is 0 Å². The molecule has 2 rings (SSSR count). The number of anilines is 1. The van der Waals surface area contributed by atoms with E-state index in [1.807, 2.05) is 31.2 Å². The van der Waals surface area contributed by atoms with Crippen molar-refractivity contribution >= 4 is 23.3 Å². The molecular formula is C18H22ClN3O. The standard InChI is InChI=1S/C18H22ClN3O/c1-4-22(5-2)17-14(9-7-11-20-17)12-21-18(23)15-10-6-8-13(3)16(15)19/h6-11H,4-5,12H2,1-3H3,(H,21,23). The third-order valence-corrected chi connectivity index (χ3v) is 4.31. The van der Waals surface area contributed by atoms with E-state index in [-0.39, 0.29) is 5.91 Å². The summed E-state index contributed by atoms with van der Waals surface area (Å²) in [7, 11) is 0. The molecule has 1 heterocycles. The number of amides is 1. The molecule has 0 aliphatic heterocycles. The summed E-state index contributed by atoms with van der Waals surface area (Å²) in [6.07, 6.45) is 1.77. The molecule has 0 atom stereocenters. The largest absolute Gasteiger partial charge is 0.357 e. The van der Waals surface area contributed by atoms with Crippen molar-refractivity contribution < 1.29 is 4.79 Å². The number of rotatable bonds is 6. The van der Waals surface area contributed by atoms with Crippen LogP contribution in [0.1, 0.15) is 35.3 Å². The first-order valence-corrected chi connectivity index (χ1v) is 8.18. The topological polar surface area (TPSA) is 45.2 Å². The van der Waals surface area contributed by atoms with Gasteiger partial charge in [0.2, 0.25) is 0 Å². The zero-order valence-corrected chi connectivity index (χ0v) is 14.5. The second-order valence-electron chi connectivity index (χ2n) is 5.28. The molecule has 1 aromatic heterocycles. The maximum atomic E-state index is 12.4. The van der Waals surface area contributed by atoms with Crippen molar-refractivity contribution in [1.29, 1.82) is 0 Å². The lowest BCUT2D eigenvalue weighted by Crippen LogP contribution is -2.28. The van der Waals surface area contributed by atoms with Crippen molar-refractivity contribution in [3.8, 4) is 0 Å². The number of hydrogen-bond acceptors (Lipinski definition) is 3. The number of halogens is 1. The Morgan fingerprint density at radius 1 is 1.22 bits per heavy atom. The molecule has 5 heteroatoms. The fourth-order valence-corrected chi connectivity index (χ4v) is 2.68. The highest BCUT2D eigenvalue weighted by Gasteiger charge is 2.14. The van der Waals surface area contributed by atoms with Crippen LogP contribution in [0, 0.1) is 6.92 Å². The molecule has 0 saturated carbocycles.